The van der Waals surface area contributed by atoms with E-state index in [0.717, 1.165) is 10.0 Å². The van der Waals surface area contributed by atoms with Crippen molar-refractivity contribution in [3.8, 4) is 0 Å². The molecule has 0 bridgehead atoms. The SMILES string of the molecule is COCCN(CCCl)C(=O)c1cccc(C)c1Br. The average molecular weight is 335 g/mol. The number of carbonyl (C=O) groups is 1. The zero-order chi connectivity index (χ0) is 13.5. The van der Waals surface area contributed by atoms with E-state index >= 15 is 0 Å². The smallest absolute Gasteiger partial charge is 0.255 e. The van der Waals surface area contributed by atoms with Crippen LogP contribution < -0.4 is 0 Å². The van der Waals surface area contributed by atoms with Crippen LogP contribution in [0.4, 0.5) is 0 Å². The number of hydrogen-bond acceptors (Lipinski definition) is 2. The molecule has 0 aliphatic heterocycles. The van der Waals surface area contributed by atoms with Gasteiger partial charge < -0.3 is 9.64 Å². The van der Waals surface area contributed by atoms with Crippen LogP contribution in [0.3, 0.4) is 0 Å². The fraction of sp³-hybridized carbons (Fsp3) is 0.462. The molecule has 0 spiro atoms. The van der Waals surface area contributed by atoms with E-state index in [1.165, 1.54) is 0 Å². The number of hydrogen-bond donors (Lipinski definition) is 0. The maximum atomic E-state index is 12.4. The summed E-state index contributed by atoms with van der Waals surface area (Å²) in [5.41, 5.74) is 1.70. The van der Waals surface area contributed by atoms with Crippen LogP contribution in [0.25, 0.3) is 0 Å². The molecule has 100 valence electrons. The number of rotatable bonds is 6. The molecule has 3 nitrogen and oxygen atoms in total. The monoisotopic (exact) mass is 333 g/mol. The first kappa shape index (κ1) is 15.5. The molecule has 0 aliphatic carbocycles. The fourth-order valence-corrected chi connectivity index (χ4v) is 2.24. The van der Waals surface area contributed by atoms with Crippen LogP contribution in [-0.4, -0.2) is 43.5 Å². The standard InChI is InChI=1S/C13H17BrClNO2/c1-10-4-3-5-11(12(10)14)13(17)16(7-6-15)8-9-18-2/h3-5H,6-9H2,1-2H3. The minimum Gasteiger partial charge on any atom is -0.383 e. The maximum Gasteiger partial charge on any atom is 0.255 e. The lowest BCUT2D eigenvalue weighted by Crippen LogP contribution is -2.35. The van der Waals surface area contributed by atoms with Crippen LogP contribution >= 0.6 is 27.5 Å². The van der Waals surface area contributed by atoms with E-state index in [4.69, 9.17) is 16.3 Å². The van der Waals surface area contributed by atoms with E-state index in [1.807, 2.05) is 25.1 Å². The summed E-state index contributed by atoms with van der Waals surface area (Å²) in [4.78, 5) is 14.1. The van der Waals surface area contributed by atoms with E-state index in [-0.39, 0.29) is 5.91 Å². The van der Waals surface area contributed by atoms with Gasteiger partial charge in [-0.3, -0.25) is 4.79 Å². The molecule has 0 saturated carbocycles. The van der Waals surface area contributed by atoms with Crippen LogP contribution in [0.5, 0.6) is 0 Å². The van der Waals surface area contributed by atoms with Gasteiger partial charge in [0.25, 0.3) is 5.91 Å². The third-order valence-corrected chi connectivity index (χ3v) is 3.85. The largest absolute Gasteiger partial charge is 0.383 e. The van der Waals surface area contributed by atoms with Gasteiger partial charge in [-0.2, -0.15) is 0 Å². The molecule has 0 aliphatic rings. The van der Waals surface area contributed by atoms with Crippen molar-refractivity contribution in [2.75, 3.05) is 32.7 Å². The van der Waals surface area contributed by atoms with E-state index in [2.05, 4.69) is 15.9 Å². The van der Waals surface area contributed by atoms with Crippen LogP contribution in [0, 0.1) is 6.92 Å². The molecule has 0 aromatic heterocycles. The molecule has 18 heavy (non-hydrogen) atoms. The Morgan fingerprint density at radius 3 is 2.78 bits per heavy atom. The molecule has 0 saturated heterocycles. The number of amides is 1. The second-order valence-corrected chi connectivity index (χ2v) is 5.08. The molecule has 0 atom stereocenters. The molecule has 1 amide bonds. The number of carbonyl (C=O) groups excluding carboxylic acids is 1. The highest BCUT2D eigenvalue weighted by molar-refractivity contribution is 9.10. The first-order chi connectivity index (χ1) is 8.61. The predicted octanol–water partition coefficient (Wildman–Crippen LogP) is 3.08. The van der Waals surface area contributed by atoms with E-state index in [9.17, 15) is 4.79 Å². The van der Waals surface area contributed by atoms with Gasteiger partial charge in [0.2, 0.25) is 0 Å². The van der Waals surface area contributed by atoms with Gasteiger partial charge in [-0.15, -0.1) is 11.6 Å². The quantitative estimate of drug-likeness (QED) is 0.748. The Hall–Kier alpha value is -0.580. The van der Waals surface area contributed by atoms with Crippen molar-refractivity contribution in [2.45, 2.75) is 6.92 Å². The first-order valence-corrected chi connectivity index (χ1v) is 7.03. The molecule has 0 fully saturated rings. The van der Waals surface area contributed by atoms with E-state index in [0.29, 0.717) is 31.1 Å². The zero-order valence-electron chi connectivity index (χ0n) is 10.6. The molecule has 1 aromatic carbocycles. The minimum absolute atomic E-state index is 0.0247. The Labute approximate surface area is 121 Å². The van der Waals surface area contributed by atoms with Crippen molar-refractivity contribution in [3.05, 3.63) is 33.8 Å². The fourth-order valence-electron chi connectivity index (χ4n) is 1.60. The Balaban J connectivity index is 2.90. The molecule has 0 unspecified atom stereocenters. The second kappa shape index (κ2) is 7.77. The molecule has 0 heterocycles. The summed E-state index contributed by atoms with van der Waals surface area (Å²) < 4.78 is 5.85. The second-order valence-electron chi connectivity index (χ2n) is 3.91. The number of ether oxygens (including phenoxy) is 1. The summed E-state index contributed by atoms with van der Waals surface area (Å²) in [5.74, 6) is 0.391. The normalized spacial score (nSPS) is 10.4. The van der Waals surface area contributed by atoms with Crippen molar-refractivity contribution >= 4 is 33.4 Å². The summed E-state index contributed by atoms with van der Waals surface area (Å²) in [6, 6.07) is 5.65. The number of aryl methyl sites for hydroxylation is 1. The van der Waals surface area contributed by atoms with E-state index < -0.39 is 0 Å². The van der Waals surface area contributed by atoms with Crippen molar-refractivity contribution in [1.82, 2.24) is 4.90 Å². The minimum atomic E-state index is -0.0247. The maximum absolute atomic E-state index is 12.4. The molecule has 5 heteroatoms. The molecule has 1 rings (SSSR count). The molecular weight excluding hydrogens is 318 g/mol. The highest BCUT2D eigenvalue weighted by Crippen LogP contribution is 2.22. The number of benzene rings is 1. The van der Waals surface area contributed by atoms with E-state index in [1.54, 1.807) is 12.0 Å². The Kier molecular flexibility index (Phi) is 6.68. The lowest BCUT2D eigenvalue weighted by molar-refractivity contribution is 0.0707. The van der Waals surface area contributed by atoms with Gasteiger partial charge in [0.1, 0.15) is 0 Å². The number of halogens is 2. The van der Waals surface area contributed by atoms with Crippen LogP contribution in [0.15, 0.2) is 22.7 Å². The van der Waals surface area contributed by atoms with Crippen LogP contribution in [-0.2, 0) is 4.74 Å². The van der Waals surface area contributed by atoms with Gasteiger partial charge in [-0.1, -0.05) is 12.1 Å². The molecule has 0 radical (unpaired) electrons. The number of methoxy groups -OCH3 is 1. The Morgan fingerprint density at radius 2 is 2.17 bits per heavy atom. The van der Waals surface area contributed by atoms with Crippen molar-refractivity contribution in [1.29, 1.82) is 0 Å². The Bertz CT molecular complexity index is 412. The zero-order valence-corrected chi connectivity index (χ0v) is 12.9. The number of nitrogens with zero attached hydrogens (tertiary/aromatic N) is 1. The van der Waals surface area contributed by atoms with Crippen LogP contribution in [0.2, 0.25) is 0 Å². The highest BCUT2D eigenvalue weighted by Gasteiger charge is 2.18. The van der Waals surface area contributed by atoms with Crippen molar-refractivity contribution in [3.63, 3.8) is 0 Å². The third-order valence-electron chi connectivity index (χ3n) is 2.63. The summed E-state index contributed by atoms with van der Waals surface area (Å²) in [6.07, 6.45) is 0. The molecular formula is C13H17BrClNO2. The lowest BCUT2D eigenvalue weighted by Gasteiger charge is -2.22. The van der Waals surface area contributed by atoms with Crippen LogP contribution in [0.1, 0.15) is 15.9 Å². The van der Waals surface area contributed by atoms with Gasteiger partial charge in [0, 0.05) is 30.6 Å². The van der Waals surface area contributed by atoms with Crippen molar-refractivity contribution < 1.29 is 9.53 Å². The number of alkyl halides is 1. The predicted molar refractivity (Wildman–Crippen MR) is 77.4 cm³/mol. The van der Waals surface area contributed by atoms with Gasteiger partial charge in [0.15, 0.2) is 0 Å². The highest BCUT2D eigenvalue weighted by atomic mass is 79.9. The summed E-state index contributed by atoms with van der Waals surface area (Å²) in [5, 5.41) is 0. The summed E-state index contributed by atoms with van der Waals surface area (Å²) in [7, 11) is 1.62. The van der Waals surface area contributed by atoms with Crippen molar-refractivity contribution in [2.24, 2.45) is 0 Å². The molecule has 0 N–H and O–H groups in total. The summed E-state index contributed by atoms with van der Waals surface area (Å²) >= 11 is 9.19. The van der Waals surface area contributed by atoms with Gasteiger partial charge in [-0.25, -0.2) is 0 Å². The van der Waals surface area contributed by atoms with Gasteiger partial charge in [-0.05, 0) is 34.5 Å². The third kappa shape index (κ3) is 3.97. The molecule has 1 aromatic rings. The Morgan fingerprint density at radius 1 is 1.44 bits per heavy atom. The first-order valence-electron chi connectivity index (χ1n) is 5.71. The topological polar surface area (TPSA) is 29.5 Å². The van der Waals surface area contributed by atoms with Gasteiger partial charge in [0.05, 0.1) is 12.2 Å². The lowest BCUT2D eigenvalue weighted by atomic mass is 10.1. The van der Waals surface area contributed by atoms with Gasteiger partial charge >= 0.3 is 0 Å². The average Bonchev–Trinajstić information content (AvgIpc) is 2.37. The summed E-state index contributed by atoms with van der Waals surface area (Å²) in [6.45, 7) is 3.53.